The number of hydrogen-bond acceptors (Lipinski definition) is 3. The van der Waals surface area contributed by atoms with Crippen molar-refractivity contribution in [3.63, 3.8) is 0 Å². The van der Waals surface area contributed by atoms with E-state index in [9.17, 15) is 18.0 Å². The molecule has 2 aromatic rings. The molecule has 2 amide bonds. The SMILES string of the molecule is CCN(C(=O)Nc1ccc(OC(F)(F)F)cc1)C(C)c1cccc(OC)c1. The lowest BCUT2D eigenvalue weighted by Gasteiger charge is -2.28. The summed E-state index contributed by atoms with van der Waals surface area (Å²) >= 11 is 0. The zero-order valence-corrected chi connectivity index (χ0v) is 15.2. The van der Waals surface area contributed by atoms with E-state index in [0.717, 1.165) is 17.7 Å². The highest BCUT2D eigenvalue weighted by atomic mass is 19.4. The van der Waals surface area contributed by atoms with E-state index in [4.69, 9.17) is 4.74 Å². The summed E-state index contributed by atoms with van der Waals surface area (Å²) in [6, 6.07) is 11.8. The third-order valence-corrected chi connectivity index (χ3v) is 3.98. The van der Waals surface area contributed by atoms with Crippen LogP contribution in [0.4, 0.5) is 23.7 Å². The number of carbonyl (C=O) groups is 1. The van der Waals surface area contributed by atoms with Crippen molar-refractivity contribution in [1.29, 1.82) is 0 Å². The van der Waals surface area contributed by atoms with Crippen LogP contribution in [-0.2, 0) is 0 Å². The van der Waals surface area contributed by atoms with Gasteiger partial charge in [0.25, 0.3) is 0 Å². The van der Waals surface area contributed by atoms with E-state index in [1.807, 2.05) is 38.1 Å². The molecule has 146 valence electrons. The number of ether oxygens (including phenoxy) is 2. The molecule has 0 saturated heterocycles. The lowest BCUT2D eigenvalue weighted by atomic mass is 10.1. The molecule has 27 heavy (non-hydrogen) atoms. The highest BCUT2D eigenvalue weighted by Crippen LogP contribution is 2.26. The zero-order valence-electron chi connectivity index (χ0n) is 15.2. The summed E-state index contributed by atoms with van der Waals surface area (Å²) in [5.41, 5.74) is 1.27. The first kappa shape index (κ1) is 20.4. The lowest BCUT2D eigenvalue weighted by Crippen LogP contribution is -2.36. The number of anilines is 1. The highest BCUT2D eigenvalue weighted by Gasteiger charge is 2.31. The maximum atomic E-state index is 12.6. The van der Waals surface area contributed by atoms with Gasteiger partial charge < -0.3 is 19.7 Å². The molecule has 8 heteroatoms. The number of amides is 2. The molecule has 1 unspecified atom stereocenters. The molecule has 0 aromatic heterocycles. The molecular formula is C19H21F3N2O3. The van der Waals surface area contributed by atoms with Gasteiger partial charge in [-0.25, -0.2) is 4.79 Å². The number of alkyl halides is 3. The number of halogens is 3. The second-order valence-corrected chi connectivity index (χ2v) is 5.74. The Hall–Kier alpha value is -2.90. The molecule has 0 aliphatic carbocycles. The second-order valence-electron chi connectivity index (χ2n) is 5.74. The van der Waals surface area contributed by atoms with Gasteiger partial charge in [0.05, 0.1) is 13.2 Å². The van der Waals surface area contributed by atoms with E-state index in [-0.39, 0.29) is 17.8 Å². The Morgan fingerprint density at radius 2 is 1.81 bits per heavy atom. The van der Waals surface area contributed by atoms with Crippen LogP contribution in [0.5, 0.6) is 11.5 Å². The van der Waals surface area contributed by atoms with Crippen LogP contribution < -0.4 is 14.8 Å². The predicted molar refractivity (Wildman–Crippen MR) is 95.9 cm³/mol. The lowest BCUT2D eigenvalue weighted by molar-refractivity contribution is -0.274. The summed E-state index contributed by atoms with van der Waals surface area (Å²) in [4.78, 5) is 14.2. The van der Waals surface area contributed by atoms with Crippen LogP contribution in [0.15, 0.2) is 48.5 Å². The molecule has 0 aliphatic rings. The molecule has 5 nitrogen and oxygen atoms in total. The third kappa shape index (κ3) is 5.80. The monoisotopic (exact) mass is 382 g/mol. The third-order valence-electron chi connectivity index (χ3n) is 3.98. The van der Waals surface area contributed by atoms with Gasteiger partial charge in [0, 0.05) is 12.2 Å². The van der Waals surface area contributed by atoms with Gasteiger partial charge in [-0.2, -0.15) is 0 Å². The molecule has 0 bridgehead atoms. The molecule has 0 aliphatic heterocycles. The Morgan fingerprint density at radius 1 is 1.15 bits per heavy atom. The van der Waals surface area contributed by atoms with Crippen molar-refractivity contribution in [2.24, 2.45) is 0 Å². The van der Waals surface area contributed by atoms with E-state index < -0.39 is 6.36 Å². The largest absolute Gasteiger partial charge is 0.573 e. The number of benzene rings is 2. The van der Waals surface area contributed by atoms with Gasteiger partial charge in [0.2, 0.25) is 0 Å². The predicted octanol–water partition coefficient (Wildman–Crippen LogP) is 5.21. The van der Waals surface area contributed by atoms with Crippen molar-refractivity contribution in [3.8, 4) is 11.5 Å². The first-order chi connectivity index (χ1) is 12.7. The molecule has 0 fully saturated rings. The topological polar surface area (TPSA) is 50.8 Å². The minimum absolute atomic E-state index is 0.224. The molecule has 1 atom stereocenters. The Balaban J connectivity index is 2.07. The summed E-state index contributed by atoms with van der Waals surface area (Å²) in [5, 5.41) is 2.68. The first-order valence-electron chi connectivity index (χ1n) is 8.31. The van der Waals surface area contributed by atoms with Crippen LogP contribution in [0.3, 0.4) is 0 Å². The smallest absolute Gasteiger partial charge is 0.497 e. The van der Waals surface area contributed by atoms with Crippen LogP contribution in [0.25, 0.3) is 0 Å². The van der Waals surface area contributed by atoms with E-state index in [0.29, 0.717) is 18.0 Å². The molecule has 0 saturated carbocycles. The molecule has 2 rings (SSSR count). The van der Waals surface area contributed by atoms with E-state index >= 15 is 0 Å². The molecule has 0 radical (unpaired) electrons. The minimum atomic E-state index is -4.75. The first-order valence-corrected chi connectivity index (χ1v) is 8.31. The van der Waals surface area contributed by atoms with Crippen molar-refractivity contribution >= 4 is 11.7 Å². The number of methoxy groups -OCH3 is 1. The van der Waals surface area contributed by atoms with Gasteiger partial charge in [-0.3, -0.25) is 0 Å². The normalized spacial score (nSPS) is 12.2. The van der Waals surface area contributed by atoms with Crippen molar-refractivity contribution < 1.29 is 27.4 Å². The van der Waals surface area contributed by atoms with Crippen LogP contribution in [0.1, 0.15) is 25.5 Å². The van der Waals surface area contributed by atoms with Crippen molar-refractivity contribution in [2.75, 3.05) is 19.0 Å². The fourth-order valence-electron chi connectivity index (χ4n) is 2.61. The van der Waals surface area contributed by atoms with Crippen molar-refractivity contribution in [2.45, 2.75) is 26.3 Å². The molecular weight excluding hydrogens is 361 g/mol. The summed E-state index contributed by atoms with van der Waals surface area (Å²) in [6.45, 7) is 4.17. The summed E-state index contributed by atoms with van der Waals surface area (Å²) < 4.78 is 45.6. The van der Waals surface area contributed by atoms with Gasteiger partial charge >= 0.3 is 12.4 Å². The van der Waals surface area contributed by atoms with Gasteiger partial charge in [0.15, 0.2) is 0 Å². The van der Waals surface area contributed by atoms with Crippen molar-refractivity contribution in [3.05, 3.63) is 54.1 Å². The Morgan fingerprint density at radius 3 is 2.37 bits per heavy atom. The van der Waals surface area contributed by atoms with Crippen LogP contribution in [0.2, 0.25) is 0 Å². The number of carbonyl (C=O) groups excluding carboxylic acids is 1. The van der Waals surface area contributed by atoms with E-state index in [2.05, 4.69) is 10.1 Å². The summed E-state index contributed by atoms with van der Waals surface area (Å²) in [6.07, 6.45) is -4.75. The maximum absolute atomic E-state index is 12.6. The molecule has 0 spiro atoms. The molecule has 2 aromatic carbocycles. The Kier molecular flexibility index (Phi) is 6.55. The number of urea groups is 1. The van der Waals surface area contributed by atoms with Crippen LogP contribution in [0, 0.1) is 0 Å². The number of rotatable bonds is 6. The van der Waals surface area contributed by atoms with E-state index in [1.54, 1.807) is 12.0 Å². The molecule has 1 N–H and O–H groups in total. The Bertz CT molecular complexity index is 764. The highest BCUT2D eigenvalue weighted by molar-refractivity contribution is 5.89. The fourth-order valence-corrected chi connectivity index (χ4v) is 2.61. The van der Waals surface area contributed by atoms with Crippen LogP contribution >= 0.6 is 0 Å². The zero-order chi connectivity index (χ0) is 20.0. The van der Waals surface area contributed by atoms with Gasteiger partial charge in [0.1, 0.15) is 11.5 Å². The average molecular weight is 382 g/mol. The second kappa shape index (κ2) is 8.66. The minimum Gasteiger partial charge on any atom is -0.497 e. The summed E-state index contributed by atoms with van der Waals surface area (Å²) in [5.74, 6) is 0.341. The van der Waals surface area contributed by atoms with Gasteiger partial charge in [-0.1, -0.05) is 12.1 Å². The van der Waals surface area contributed by atoms with E-state index in [1.165, 1.54) is 12.1 Å². The standard InChI is InChI=1S/C19H21F3N2O3/c1-4-24(13(2)14-6-5-7-17(12-14)26-3)18(25)23-15-8-10-16(11-9-15)27-19(20,21)22/h5-13H,4H2,1-3H3,(H,23,25). The Labute approximate surface area is 155 Å². The molecule has 0 heterocycles. The van der Waals surface area contributed by atoms with Crippen molar-refractivity contribution in [1.82, 2.24) is 4.90 Å². The quantitative estimate of drug-likeness (QED) is 0.746. The average Bonchev–Trinajstić information content (AvgIpc) is 2.62. The fraction of sp³-hybridized carbons (Fsp3) is 0.316. The number of hydrogen-bond donors (Lipinski definition) is 1. The maximum Gasteiger partial charge on any atom is 0.573 e. The van der Waals surface area contributed by atoms with Gasteiger partial charge in [-0.15, -0.1) is 13.2 Å². The van der Waals surface area contributed by atoms with Gasteiger partial charge in [-0.05, 0) is 55.8 Å². The summed E-state index contributed by atoms with van der Waals surface area (Å²) in [7, 11) is 1.57. The number of nitrogens with zero attached hydrogens (tertiary/aromatic N) is 1. The number of nitrogens with one attached hydrogen (secondary N) is 1. The van der Waals surface area contributed by atoms with Crippen LogP contribution in [-0.4, -0.2) is 30.9 Å².